The summed E-state index contributed by atoms with van der Waals surface area (Å²) in [5, 5.41) is 18.8. The van der Waals surface area contributed by atoms with Gasteiger partial charge in [-0.3, -0.25) is 9.89 Å². The van der Waals surface area contributed by atoms with Gasteiger partial charge >= 0.3 is 0 Å². The first kappa shape index (κ1) is 21.9. The Bertz CT molecular complexity index is 1370. The van der Waals surface area contributed by atoms with Gasteiger partial charge < -0.3 is 19.6 Å². The van der Waals surface area contributed by atoms with Crippen molar-refractivity contribution in [2.75, 3.05) is 34.3 Å². The van der Waals surface area contributed by atoms with E-state index in [4.69, 9.17) is 4.74 Å². The number of nitrogens with zero attached hydrogens (tertiary/aromatic N) is 4. The van der Waals surface area contributed by atoms with E-state index in [2.05, 4.69) is 27.1 Å². The quantitative estimate of drug-likeness (QED) is 0.474. The molecule has 0 spiro atoms. The Hall–Kier alpha value is -3.91. The molecule has 5 rings (SSSR count). The van der Waals surface area contributed by atoms with Gasteiger partial charge in [-0.15, -0.1) is 0 Å². The number of carbonyl (C=O) groups excluding carboxylic acids is 1. The molecule has 2 N–H and O–H groups in total. The number of phenolic OH excluding ortho intramolecular Hbond substituents is 1. The number of carbonyl (C=O) groups is 1. The third-order valence-electron chi connectivity index (χ3n) is 6.57. The number of nitrogens with one attached hydrogen (secondary N) is 1. The molecule has 0 saturated carbocycles. The predicted molar refractivity (Wildman–Crippen MR) is 131 cm³/mol. The van der Waals surface area contributed by atoms with E-state index < -0.39 is 0 Å². The largest absolute Gasteiger partial charge is 0.507 e. The SMILES string of the molecule is COc1ccccc1-c1n[nH]c2ncc(-c3ccc(O)c(C(=O)N(C)C4CCN(C)C4)c3)cc12. The first-order chi connectivity index (χ1) is 16.5. The number of rotatable bonds is 5. The number of amides is 1. The number of hydrogen-bond donors (Lipinski definition) is 2. The van der Waals surface area contributed by atoms with Crippen LogP contribution < -0.4 is 4.74 Å². The summed E-state index contributed by atoms with van der Waals surface area (Å²) < 4.78 is 5.51. The molecule has 1 amide bonds. The van der Waals surface area contributed by atoms with Crippen molar-refractivity contribution in [3.05, 3.63) is 60.3 Å². The van der Waals surface area contributed by atoms with Crippen LogP contribution in [0.3, 0.4) is 0 Å². The summed E-state index contributed by atoms with van der Waals surface area (Å²) in [5.41, 5.74) is 4.15. The van der Waals surface area contributed by atoms with Crippen LogP contribution in [-0.4, -0.2) is 76.3 Å². The van der Waals surface area contributed by atoms with Gasteiger partial charge in [0, 0.05) is 42.3 Å². The number of aromatic amines is 1. The first-order valence-corrected chi connectivity index (χ1v) is 11.2. The molecule has 8 nitrogen and oxygen atoms in total. The van der Waals surface area contributed by atoms with Crippen LogP contribution in [0.1, 0.15) is 16.8 Å². The third-order valence-corrected chi connectivity index (χ3v) is 6.57. The third kappa shape index (κ3) is 3.86. The number of ether oxygens (including phenoxy) is 1. The number of fused-ring (bicyclic) bond motifs is 1. The molecular formula is C26H27N5O3. The Morgan fingerprint density at radius 2 is 2.03 bits per heavy atom. The summed E-state index contributed by atoms with van der Waals surface area (Å²) in [6.45, 7) is 1.79. The summed E-state index contributed by atoms with van der Waals surface area (Å²) in [4.78, 5) is 21.7. The highest BCUT2D eigenvalue weighted by molar-refractivity contribution is 5.99. The zero-order valence-electron chi connectivity index (χ0n) is 19.4. The normalized spacial score (nSPS) is 16.1. The second-order valence-corrected chi connectivity index (χ2v) is 8.75. The summed E-state index contributed by atoms with van der Waals surface area (Å²) in [6.07, 6.45) is 2.66. The molecule has 8 heteroatoms. The van der Waals surface area contributed by atoms with E-state index in [1.165, 1.54) is 0 Å². The van der Waals surface area contributed by atoms with E-state index in [0.29, 0.717) is 5.65 Å². The van der Waals surface area contributed by atoms with Crippen molar-refractivity contribution >= 4 is 16.9 Å². The summed E-state index contributed by atoms with van der Waals surface area (Å²) in [5.74, 6) is 0.505. The van der Waals surface area contributed by atoms with E-state index in [0.717, 1.165) is 53.0 Å². The molecule has 1 unspecified atom stereocenters. The molecule has 1 fully saturated rings. The molecule has 1 saturated heterocycles. The van der Waals surface area contributed by atoms with E-state index >= 15 is 0 Å². The summed E-state index contributed by atoms with van der Waals surface area (Å²) in [6, 6.07) is 14.9. The molecule has 2 aromatic carbocycles. The maximum absolute atomic E-state index is 13.2. The lowest BCUT2D eigenvalue weighted by molar-refractivity contribution is 0.0734. The number of aromatic hydroxyl groups is 1. The Morgan fingerprint density at radius 3 is 2.79 bits per heavy atom. The lowest BCUT2D eigenvalue weighted by atomic mass is 10.0. The number of H-pyrrole nitrogens is 1. The number of benzene rings is 2. The van der Waals surface area contributed by atoms with Crippen LogP contribution in [0.25, 0.3) is 33.4 Å². The molecule has 1 aliphatic rings. The minimum Gasteiger partial charge on any atom is -0.507 e. The van der Waals surface area contributed by atoms with Gasteiger partial charge in [0.2, 0.25) is 0 Å². The number of hydrogen-bond acceptors (Lipinski definition) is 6. The van der Waals surface area contributed by atoms with Gasteiger partial charge in [0.05, 0.1) is 12.7 Å². The van der Waals surface area contributed by atoms with E-state index in [1.54, 1.807) is 43.5 Å². The van der Waals surface area contributed by atoms with Crippen LogP contribution in [0.5, 0.6) is 11.5 Å². The van der Waals surface area contributed by atoms with Gasteiger partial charge in [-0.2, -0.15) is 5.10 Å². The van der Waals surface area contributed by atoms with E-state index in [1.807, 2.05) is 30.3 Å². The average Bonchev–Trinajstić information content (AvgIpc) is 3.49. The van der Waals surface area contributed by atoms with Gasteiger partial charge in [-0.25, -0.2) is 4.98 Å². The van der Waals surface area contributed by atoms with Crippen LogP contribution in [0, 0.1) is 0 Å². The fourth-order valence-electron chi connectivity index (χ4n) is 4.58. The number of likely N-dealkylation sites (tertiary alicyclic amines) is 1. The minimum absolute atomic E-state index is 0.0287. The maximum Gasteiger partial charge on any atom is 0.257 e. The number of para-hydroxylation sites is 1. The highest BCUT2D eigenvalue weighted by Gasteiger charge is 2.28. The topological polar surface area (TPSA) is 94.6 Å². The van der Waals surface area contributed by atoms with Crippen molar-refractivity contribution in [1.82, 2.24) is 25.0 Å². The standard InChI is InChI=1S/C26H27N5O3/c1-30-11-10-18(15-30)31(2)26(33)20-12-16(8-9-22(20)32)17-13-21-24(28-29-25(21)27-14-17)19-6-4-5-7-23(19)34-3/h4-9,12-14,18,32H,10-11,15H2,1-3H3,(H,27,28,29). The zero-order chi connectivity index (χ0) is 23.8. The van der Waals surface area contributed by atoms with Gasteiger partial charge in [0.15, 0.2) is 5.65 Å². The van der Waals surface area contributed by atoms with Gasteiger partial charge in [-0.05, 0) is 55.9 Å². The average molecular weight is 458 g/mol. The van der Waals surface area contributed by atoms with E-state index in [9.17, 15) is 9.90 Å². The zero-order valence-corrected chi connectivity index (χ0v) is 19.4. The van der Waals surface area contributed by atoms with Crippen LogP contribution in [0.4, 0.5) is 0 Å². The molecule has 1 atom stereocenters. The van der Waals surface area contributed by atoms with Crippen LogP contribution >= 0.6 is 0 Å². The van der Waals surface area contributed by atoms with Crippen LogP contribution in [0.15, 0.2) is 54.7 Å². The fraction of sp³-hybridized carbons (Fsp3) is 0.269. The molecule has 174 valence electrons. The summed E-state index contributed by atoms with van der Waals surface area (Å²) >= 11 is 0. The molecule has 0 aliphatic carbocycles. The maximum atomic E-state index is 13.2. The van der Waals surface area contributed by atoms with Crippen molar-refractivity contribution in [3.8, 4) is 33.9 Å². The second kappa shape index (κ2) is 8.79. The fourth-order valence-corrected chi connectivity index (χ4v) is 4.58. The first-order valence-electron chi connectivity index (χ1n) is 11.2. The smallest absolute Gasteiger partial charge is 0.257 e. The number of methoxy groups -OCH3 is 1. The molecular weight excluding hydrogens is 430 g/mol. The Kier molecular flexibility index (Phi) is 5.67. The Morgan fingerprint density at radius 1 is 1.21 bits per heavy atom. The molecule has 34 heavy (non-hydrogen) atoms. The number of phenols is 1. The number of likely N-dealkylation sites (N-methyl/N-ethyl adjacent to an activating group) is 2. The monoisotopic (exact) mass is 457 g/mol. The van der Waals surface area contributed by atoms with Crippen LogP contribution in [0.2, 0.25) is 0 Å². The van der Waals surface area contributed by atoms with Gasteiger partial charge in [0.25, 0.3) is 5.91 Å². The number of pyridine rings is 1. The molecule has 3 heterocycles. The number of aromatic nitrogens is 3. The molecule has 2 aromatic heterocycles. The lowest BCUT2D eigenvalue weighted by Crippen LogP contribution is -2.38. The molecule has 1 aliphatic heterocycles. The van der Waals surface area contributed by atoms with Crippen molar-refractivity contribution < 1.29 is 14.6 Å². The minimum atomic E-state index is -0.188. The summed E-state index contributed by atoms with van der Waals surface area (Å²) in [7, 11) is 5.48. The lowest BCUT2D eigenvalue weighted by Gasteiger charge is -2.25. The van der Waals surface area contributed by atoms with Crippen molar-refractivity contribution in [2.45, 2.75) is 12.5 Å². The molecule has 0 bridgehead atoms. The highest BCUT2D eigenvalue weighted by atomic mass is 16.5. The van der Waals surface area contributed by atoms with Crippen molar-refractivity contribution in [2.24, 2.45) is 0 Å². The van der Waals surface area contributed by atoms with E-state index in [-0.39, 0.29) is 23.3 Å². The predicted octanol–water partition coefficient (Wildman–Crippen LogP) is 3.78. The van der Waals surface area contributed by atoms with Crippen molar-refractivity contribution in [1.29, 1.82) is 0 Å². The second-order valence-electron chi connectivity index (χ2n) is 8.75. The van der Waals surface area contributed by atoms with Crippen LogP contribution in [-0.2, 0) is 0 Å². The highest BCUT2D eigenvalue weighted by Crippen LogP contribution is 2.35. The van der Waals surface area contributed by atoms with Gasteiger partial charge in [-0.1, -0.05) is 18.2 Å². The molecule has 4 aromatic rings. The van der Waals surface area contributed by atoms with Gasteiger partial charge in [0.1, 0.15) is 17.2 Å². The van der Waals surface area contributed by atoms with Crippen molar-refractivity contribution in [3.63, 3.8) is 0 Å². The Balaban J connectivity index is 1.52. The molecule has 0 radical (unpaired) electrons. The Labute approximate surface area is 197 Å².